The highest BCUT2D eigenvalue weighted by Gasteiger charge is 2.13. The van der Waals surface area contributed by atoms with Crippen LogP contribution in [0.4, 0.5) is 8.78 Å². The second-order valence-corrected chi connectivity index (χ2v) is 4.27. The van der Waals surface area contributed by atoms with Crippen LogP contribution < -0.4 is 4.74 Å². The Labute approximate surface area is 120 Å². The first-order valence-electron chi connectivity index (χ1n) is 6.11. The number of nitrogens with zero attached hydrogens (tertiary/aromatic N) is 3. The Morgan fingerprint density at radius 2 is 2.00 bits per heavy atom. The summed E-state index contributed by atoms with van der Waals surface area (Å²) in [5.41, 5.74) is 1.04. The summed E-state index contributed by atoms with van der Waals surface area (Å²) < 4.78 is 28.3. The lowest BCUT2D eigenvalue weighted by atomic mass is 10.2. The quantitative estimate of drug-likeness (QED) is 0.849. The van der Waals surface area contributed by atoms with Crippen molar-refractivity contribution in [3.05, 3.63) is 54.1 Å². The first-order chi connectivity index (χ1) is 10.1. The van der Waals surface area contributed by atoms with Gasteiger partial charge in [0.2, 0.25) is 0 Å². The lowest BCUT2D eigenvalue weighted by molar-refractivity contribution is -0.0498. The molecule has 7 heteroatoms. The zero-order valence-corrected chi connectivity index (χ0v) is 11.2. The SMILES string of the molecule is CN(Cc1ccc(OC(F)F)cc1)C(=O)c1cnccn1. The fraction of sp³-hybridized carbons (Fsp3) is 0.214. The van der Waals surface area contributed by atoms with Crippen molar-refractivity contribution in [1.82, 2.24) is 14.9 Å². The maximum absolute atomic E-state index is 12.1. The monoisotopic (exact) mass is 293 g/mol. The second-order valence-electron chi connectivity index (χ2n) is 4.27. The summed E-state index contributed by atoms with van der Waals surface area (Å²) in [6, 6.07) is 6.11. The van der Waals surface area contributed by atoms with E-state index in [1.54, 1.807) is 19.2 Å². The van der Waals surface area contributed by atoms with Crippen molar-refractivity contribution in [3.63, 3.8) is 0 Å². The summed E-state index contributed by atoms with van der Waals surface area (Å²) in [7, 11) is 1.63. The predicted octanol–water partition coefficient (Wildman–Crippen LogP) is 2.35. The Kier molecular flexibility index (Phi) is 4.76. The third kappa shape index (κ3) is 4.20. The molecule has 1 aromatic carbocycles. The minimum Gasteiger partial charge on any atom is -0.435 e. The van der Waals surface area contributed by atoms with Gasteiger partial charge in [0.25, 0.3) is 5.91 Å². The van der Waals surface area contributed by atoms with Crippen molar-refractivity contribution in [2.45, 2.75) is 13.2 Å². The largest absolute Gasteiger partial charge is 0.435 e. The van der Waals surface area contributed by atoms with Crippen LogP contribution in [0.5, 0.6) is 5.75 Å². The topological polar surface area (TPSA) is 55.3 Å². The third-order valence-electron chi connectivity index (χ3n) is 2.70. The Morgan fingerprint density at radius 1 is 1.29 bits per heavy atom. The first-order valence-corrected chi connectivity index (χ1v) is 6.11. The number of rotatable bonds is 5. The summed E-state index contributed by atoms with van der Waals surface area (Å²) >= 11 is 0. The molecule has 2 aromatic rings. The van der Waals surface area contributed by atoms with E-state index in [0.717, 1.165) is 5.56 Å². The van der Waals surface area contributed by atoms with Gasteiger partial charge in [0, 0.05) is 26.0 Å². The molecular formula is C14H13F2N3O2. The van der Waals surface area contributed by atoms with Gasteiger partial charge in [-0.1, -0.05) is 12.1 Å². The van der Waals surface area contributed by atoms with E-state index in [-0.39, 0.29) is 17.4 Å². The van der Waals surface area contributed by atoms with E-state index in [1.165, 1.54) is 35.6 Å². The van der Waals surface area contributed by atoms with Crippen LogP contribution in [-0.4, -0.2) is 34.4 Å². The molecule has 0 aliphatic carbocycles. The summed E-state index contributed by atoms with van der Waals surface area (Å²) in [6.07, 6.45) is 4.31. The van der Waals surface area contributed by atoms with Crippen LogP contribution in [0.15, 0.2) is 42.9 Å². The molecule has 1 heterocycles. The summed E-state index contributed by atoms with van der Waals surface area (Å²) in [4.78, 5) is 21.3. The zero-order chi connectivity index (χ0) is 15.2. The number of hydrogen-bond donors (Lipinski definition) is 0. The molecule has 1 amide bonds. The van der Waals surface area contributed by atoms with Gasteiger partial charge in [-0.15, -0.1) is 0 Å². The van der Waals surface area contributed by atoms with Crippen molar-refractivity contribution < 1.29 is 18.3 Å². The molecule has 0 radical (unpaired) electrons. The van der Waals surface area contributed by atoms with Crippen molar-refractivity contribution in [2.24, 2.45) is 0 Å². The molecule has 0 aliphatic rings. The van der Waals surface area contributed by atoms with Gasteiger partial charge in [-0.25, -0.2) is 4.98 Å². The van der Waals surface area contributed by atoms with E-state index in [4.69, 9.17) is 0 Å². The van der Waals surface area contributed by atoms with Crippen molar-refractivity contribution in [3.8, 4) is 5.75 Å². The Hall–Kier alpha value is -2.57. The molecule has 0 saturated heterocycles. The smallest absolute Gasteiger partial charge is 0.387 e. The maximum atomic E-state index is 12.1. The Bertz CT molecular complexity index is 591. The van der Waals surface area contributed by atoms with Crippen molar-refractivity contribution in [2.75, 3.05) is 7.05 Å². The van der Waals surface area contributed by atoms with Gasteiger partial charge in [0.15, 0.2) is 0 Å². The molecule has 0 aliphatic heterocycles. The molecule has 0 N–H and O–H groups in total. The number of carbonyl (C=O) groups excluding carboxylic acids is 1. The number of hydrogen-bond acceptors (Lipinski definition) is 4. The number of alkyl halides is 2. The number of halogens is 2. The van der Waals surface area contributed by atoms with Crippen LogP contribution in [-0.2, 0) is 6.54 Å². The number of ether oxygens (including phenoxy) is 1. The molecule has 0 bridgehead atoms. The lowest BCUT2D eigenvalue weighted by Crippen LogP contribution is -2.27. The van der Waals surface area contributed by atoms with Gasteiger partial charge in [0.1, 0.15) is 11.4 Å². The molecule has 0 atom stereocenters. The van der Waals surface area contributed by atoms with Gasteiger partial charge in [-0.05, 0) is 17.7 Å². The number of aromatic nitrogens is 2. The first kappa shape index (κ1) is 14.8. The standard InChI is InChI=1S/C14H13F2N3O2/c1-19(13(20)12-8-17-6-7-18-12)9-10-2-4-11(5-3-10)21-14(15)16/h2-8,14H,9H2,1H3. The van der Waals surface area contributed by atoms with Gasteiger partial charge < -0.3 is 9.64 Å². The lowest BCUT2D eigenvalue weighted by Gasteiger charge is -2.16. The predicted molar refractivity (Wildman–Crippen MR) is 70.9 cm³/mol. The van der Waals surface area contributed by atoms with Gasteiger partial charge in [0.05, 0.1) is 6.20 Å². The molecule has 110 valence electrons. The van der Waals surface area contributed by atoms with Crippen LogP contribution in [0.3, 0.4) is 0 Å². The van der Waals surface area contributed by atoms with Gasteiger partial charge >= 0.3 is 6.61 Å². The maximum Gasteiger partial charge on any atom is 0.387 e. The molecule has 2 rings (SSSR count). The highest BCUT2D eigenvalue weighted by molar-refractivity contribution is 5.91. The molecule has 0 unspecified atom stereocenters. The van der Waals surface area contributed by atoms with E-state index >= 15 is 0 Å². The van der Waals surface area contributed by atoms with Gasteiger partial charge in [-0.2, -0.15) is 8.78 Å². The number of benzene rings is 1. The highest BCUT2D eigenvalue weighted by atomic mass is 19.3. The highest BCUT2D eigenvalue weighted by Crippen LogP contribution is 2.16. The minimum atomic E-state index is -2.85. The van der Waals surface area contributed by atoms with Gasteiger partial charge in [-0.3, -0.25) is 9.78 Å². The summed E-state index contributed by atoms with van der Waals surface area (Å²) in [6.45, 7) is -2.53. The van der Waals surface area contributed by atoms with Crippen LogP contribution in [0, 0.1) is 0 Å². The van der Waals surface area contributed by atoms with Crippen molar-refractivity contribution in [1.29, 1.82) is 0 Å². The van der Waals surface area contributed by atoms with E-state index in [0.29, 0.717) is 6.54 Å². The molecule has 5 nitrogen and oxygen atoms in total. The van der Waals surface area contributed by atoms with Crippen LogP contribution in [0.25, 0.3) is 0 Å². The number of amides is 1. The fourth-order valence-electron chi connectivity index (χ4n) is 1.73. The van der Waals surface area contributed by atoms with Crippen molar-refractivity contribution >= 4 is 5.91 Å². The van der Waals surface area contributed by atoms with Crippen LogP contribution in [0.2, 0.25) is 0 Å². The van der Waals surface area contributed by atoms with E-state index in [1.807, 2.05) is 0 Å². The van der Waals surface area contributed by atoms with E-state index in [9.17, 15) is 13.6 Å². The molecule has 0 fully saturated rings. The van der Waals surface area contributed by atoms with E-state index < -0.39 is 6.61 Å². The third-order valence-corrected chi connectivity index (χ3v) is 2.70. The van der Waals surface area contributed by atoms with Crippen LogP contribution >= 0.6 is 0 Å². The molecular weight excluding hydrogens is 280 g/mol. The molecule has 1 aromatic heterocycles. The molecule has 21 heavy (non-hydrogen) atoms. The average Bonchev–Trinajstić information content (AvgIpc) is 2.49. The average molecular weight is 293 g/mol. The summed E-state index contributed by atoms with van der Waals surface area (Å²) in [5, 5.41) is 0. The molecule has 0 saturated carbocycles. The minimum absolute atomic E-state index is 0.0802. The summed E-state index contributed by atoms with van der Waals surface area (Å²) in [5.74, 6) is -0.187. The Morgan fingerprint density at radius 3 is 2.57 bits per heavy atom. The second kappa shape index (κ2) is 6.74. The fourth-order valence-corrected chi connectivity index (χ4v) is 1.73. The van der Waals surface area contributed by atoms with E-state index in [2.05, 4.69) is 14.7 Å². The zero-order valence-electron chi connectivity index (χ0n) is 11.2. The number of carbonyl (C=O) groups is 1. The molecule has 0 spiro atoms. The van der Waals surface area contributed by atoms with Crippen LogP contribution in [0.1, 0.15) is 16.1 Å². The normalized spacial score (nSPS) is 10.5. The Balaban J connectivity index is 1.99.